The molecule has 0 radical (unpaired) electrons. The van der Waals surface area contributed by atoms with Crippen LogP contribution in [0.15, 0.2) is 47.4 Å². The van der Waals surface area contributed by atoms with Crippen molar-refractivity contribution in [1.82, 2.24) is 10.2 Å². The van der Waals surface area contributed by atoms with E-state index in [1.54, 1.807) is 24.0 Å². The summed E-state index contributed by atoms with van der Waals surface area (Å²) < 4.78 is 37.3. The third kappa shape index (κ3) is 4.02. The van der Waals surface area contributed by atoms with Gasteiger partial charge in [-0.05, 0) is 48.2 Å². The van der Waals surface area contributed by atoms with Gasteiger partial charge in [-0.25, -0.2) is 17.9 Å². The Bertz CT molecular complexity index is 1050. The van der Waals surface area contributed by atoms with Crippen LogP contribution < -0.4 is 10.5 Å². The second-order valence-electron chi connectivity index (χ2n) is 7.56. The molecule has 0 aliphatic carbocycles. The summed E-state index contributed by atoms with van der Waals surface area (Å²) in [5.41, 5.74) is 1.73. The zero-order valence-corrected chi connectivity index (χ0v) is 17.5. The molecule has 156 valence electrons. The summed E-state index contributed by atoms with van der Waals surface area (Å²) in [6.07, 6.45) is 0. The Morgan fingerprint density at radius 1 is 1.21 bits per heavy atom. The van der Waals surface area contributed by atoms with E-state index >= 15 is 0 Å². The number of amides is 1. The molecule has 29 heavy (non-hydrogen) atoms. The average Bonchev–Trinajstić information content (AvgIpc) is 3.21. The highest BCUT2D eigenvalue weighted by Crippen LogP contribution is 2.43. The van der Waals surface area contributed by atoms with Gasteiger partial charge in [0.25, 0.3) is 5.91 Å². The van der Waals surface area contributed by atoms with Crippen molar-refractivity contribution in [2.24, 2.45) is 17.0 Å². The fourth-order valence-corrected chi connectivity index (χ4v) is 4.95. The average molecular weight is 440 g/mol. The number of hydrogen-bond acceptors (Lipinski definition) is 4. The Morgan fingerprint density at radius 2 is 1.97 bits per heavy atom. The van der Waals surface area contributed by atoms with Crippen LogP contribution in [-0.2, 0) is 10.0 Å². The molecule has 4 rings (SSSR count). The molecule has 3 N–H and O–H groups in total. The standard InChI is InChI=1S/C20H22FN3O3S.ClH/c1-12-5-6-16(28(22,26)27)8-17(12)20(25)24-11-14-9-23-10-18(14)19(24)13-3-2-4-15(21)7-13;/h2-8,14,18-19,23H,9-11H2,1H3,(H2,22,26,27);1H/t14-,18-,19+;/m0./s1. The van der Waals surface area contributed by atoms with Crippen molar-refractivity contribution >= 4 is 28.3 Å². The monoisotopic (exact) mass is 439 g/mol. The zero-order valence-electron chi connectivity index (χ0n) is 15.8. The first-order valence-electron chi connectivity index (χ1n) is 9.16. The van der Waals surface area contributed by atoms with E-state index in [0.717, 1.165) is 18.7 Å². The van der Waals surface area contributed by atoms with Crippen molar-refractivity contribution in [2.45, 2.75) is 17.9 Å². The van der Waals surface area contributed by atoms with E-state index in [9.17, 15) is 17.6 Å². The number of nitrogens with zero attached hydrogens (tertiary/aromatic N) is 1. The second-order valence-corrected chi connectivity index (χ2v) is 9.12. The van der Waals surface area contributed by atoms with Gasteiger partial charge in [-0.2, -0.15) is 0 Å². The number of nitrogens with two attached hydrogens (primary N) is 1. The van der Waals surface area contributed by atoms with Crippen LogP contribution in [0.3, 0.4) is 0 Å². The summed E-state index contributed by atoms with van der Waals surface area (Å²) in [4.78, 5) is 15.1. The van der Waals surface area contributed by atoms with Gasteiger partial charge in [-0.3, -0.25) is 4.79 Å². The van der Waals surface area contributed by atoms with Crippen LogP contribution >= 0.6 is 12.4 Å². The van der Waals surface area contributed by atoms with Crippen molar-refractivity contribution in [3.63, 3.8) is 0 Å². The molecule has 2 aliphatic rings. The molecule has 2 fully saturated rings. The van der Waals surface area contributed by atoms with Gasteiger partial charge in [0.1, 0.15) is 5.82 Å². The molecular weight excluding hydrogens is 417 g/mol. The van der Waals surface area contributed by atoms with E-state index in [1.807, 2.05) is 6.07 Å². The smallest absolute Gasteiger partial charge is 0.254 e. The van der Waals surface area contributed by atoms with Crippen LogP contribution in [0.4, 0.5) is 4.39 Å². The fourth-order valence-electron chi connectivity index (χ4n) is 4.41. The van der Waals surface area contributed by atoms with E-state index < -0.39 is 10.0 Å². The lowest BCUT2D eigenvalue weighted by molar-refractivity contribution is 0.0712. The van der Waals surface area contributed by atoms with E-state index in [-0.39, 0.29) is 46.9 Å². The number of hydrogen-bond donors (Lipinski definition) is 2. The summed E-state index contributed by atoms with van der Waals surface area (Å²) in [5, 5.41) is 8.59. The third-order valence-electron chi connectivity index (χ3n) is 5.78. The van der Waals surface area contributed by atoms with E-state index in [0.29, 0.717) is 17.7 Å². The Balaban J connectivity index is 0.00000240. The lowest BCUT2D eigenvalue weighted by Gasteiger charge is -2.29. The summed E-state index contributed by atoms with van der Waals surface area (Å²) in [6.45, 7) is 3.86. The number of halogens is 2. The van der Waals surface area contributed by atoms with E-state index in [2.05, 4.69) is 5.32 Å². The topological polar surface area (TPSA) is 92.5 Å². The number of nitrogens with one attached hydrogen (secondary N) is 1. The molecule has 3 atom stereocenters. The van der Waals surface area contributed by atoms with Crippen molar-refractivity contribution in [3.05, 3.63) is 65.0 Å². The molecule has 2 aliphatic heterocycles. The number of primary sulfonamides is 1. The Labute approximate surface area is 175 Å². The van der Waals surface area contributed by atoms with Crippen LogP contribution in [0.2, 0.25) is 0 Å². The maximum absolute atomic E-state index is 13.9. The van der Waals surface area contributed by atoms with Gasteiger partial charge in [-0.1, -0.05) is 18.2 Å². The molecule has 2 saturated heterocycles. The van der Waals surface area contributed by atoms with Crippen LogP contribution in [0, 0.1) is 24.6 Å². The summed E-state index contributed by atoms with van der Waals surface area (Å²) in [6, 6.07) is 10.4. The number of sulfonamides is 1. The van der Waals surface area contributed by atoms with Crippen molar-refractivity contribution in [3.8, 4) is 0 Å². The van der Waals surface area contributed by atoms with Gasteiger partial charge >= 0.3 is 0 Å². The number of likely N-dealkylation sites (tertiary alicyclic amines) is 1. The Morgan fingerprint density at radius 3 is 2.66 bits per heavy atom. The van der Waals surface area contributed by atoms with Gasteiger partial charge in [-0.15, -0.1) is 12.4 Å². The summed E-state index contributed by atoms with van der Waals surface area (Å²) in [5.74, 6) is -0.134. The Hall–Kier alpha value is -2.00. The van der Waals surface area contributed by atoms with Gasteiger partial charge in [0.2, 0.25) is 10.0 Å². The molecule has 0 aromatic heterocycles. The first kappa shape index (κ1) is 21.7. The van der Waals surface area contributed by atoms with Crippen molar-refractivity contribution in [2.75, 3.05) is 19.6 Å². The fraction of sp³-hybridized carbons (Fsp3) is 0.350. The first-order chi connectivity index (χ1) is 13.3. The van der Waals surface area contributed by atoms with Crippen molar-refractivity contribution in [1.29, 1.82) is 0 Å². The highest BCUT2D eigenvalue weighted by Gasteiger charge is 2.47. The number of benzene rings is 2. The summed E-state index contributed by atoms with van der Waals surface area (Å²) in [7, 11) is -3.92. The van der Waals surface area contributed by atoms with Crippen LogP contribution in [0.25, 0.3) is 0 Å². The van der Waals surface area contributed by atoms with Crippen LogP contribution in [-0.4, -0.2) is 38.9 Å². The predicted octanol–water partition coefficient (Wildman–Crippen LogP) is 2.24. The van der Waals surface area contributed by atoms with Gasteiger partial charge in [0, 0.05) is 31.1 Å². The summed E-state index contributed by atoms with van der Waals surface area (Å²) >= 11 is 0. The molecule has 0 spiro atoms. The molecule has 0 unspecified atom stereocenters. The lowest BCUT2D eigenvalue weighted by Crippen LogP contribution is -2.35. The SMILES string of the molecule is Cc1ccc(S(N)(=O)=O)cc1C(=O)N1C[C@@H]2CNC[C@@H]2[C@H]1c1cccc(F)c1.Cl. The first-order valence-corrected chi connectivity index (χ1v) is 10.7. The van der Waals surface area contributed by atoms with Crippen molar-refractivity contribution < 1.29 is 17.6 Å². The van der Waals surface area contributed by atoms with E-state index in [1.165, 1.54) is 24.3 Å². The normalized spacial score (nSPS) is 23.6. The molecule has 1 amide bonds. The minimum absolute atomic E-state index is 0. The van der Waals surface area contributed by atoms with Gasteiger partial charge in [0.15, 0.2) is 0 Å². The molecule has 0 saturated carbocycles. The number of carbonyl (C=O) groups is 1. The maximum Gasteiger partial charge on any atom is 0.254 e. The quantitative estimate of drug-likeness (QED) is 0.767. The predicted molar refractivity (Wildman–Crippen MR) is 110 cm³/mol. The second kappa shape index (κ2) is 8.02. The number of aryl methyl sites for hydroxylation is 1. The minimum Gasteiger partial charge on any atom is -0.331 e. The van der Waals surface area contributed by atoms with Gasteiger partial charge < -0.3 is 10.2 Å². The molecule has 2 heterocycles. The van der Waals surface area contributed by atoms with Gasteiger partial charge in [0.05, 0.1) is 10.9 Å². The molecular formula is C20H23ClFN3O3S. The molecule has 2 aromatic rings. The highest BCUT2D eigenvalue weighted by molar-refractivity contribution is 7.89. The number of fused-ring (bicyclic) bond motifs is 1. The zero-order chi connectivity index (χ0) is 20.1. The maximum atomic E-state index is 13.9. The lowest BCUT2D eigenvalue weighted by atomic mass is 9.89. The minimum atomic E-state index is -3.92. The number of rotatable bonds is 3. The van der Waals surface area contributed by atoms with Crippen LogP contribution in [0.5, 0.6) is 0 Å². The van der Waals surface area contributed by atoms with E-state index in [4.69, 9.17) is 5.14 Å². The molecule has 2 aromatic carbocycles. The Kier molecular flexibility index (Phi) is 6.01. The molecule has 0 bridgehead atoms. The molecule has 6 nitrogen and oxygen atoms in total. The molecule has 9 heteroatoms. The number of carbonyl (C=O) groups excluding carboxylic acids is 1. The highest BCUT2D eigenvalue weighted by atomic mass is 35.5. The largest absolute Gasteiger partial charge is 0.331 e. The van der Waals surface area contributed by atoms with Crippen LogP contribution in [0.1, 0.15) is 27.5 Å². The third-order valence-corrected chi connectivity index (χ3v) is 6.69.